The molecule has 3 nitrogen and oxygen atoms in total. The van der Waals surface area contributed by atoms with Crippen molar-refractivity contribution in [3.05, 3.63) is 307 Å². The summed E-state index contributed by atoms with van der Waals surface area (Å²) in [4.78, 5) is 2.54. The molecule has 0 saturated carbocycles. The average Bonchev–Trinajstić information content (AvgIpc) is 4.03. The number of fused-ring (bicyclic) bond motifs is 7. The summed E-state index contributed by atoms with van der Waals surface area (Å²) in [5, 5.41) is 10.5. The molecule has 14 rings (SSSR count). The van der Waals surface area contributed by atoms with Crippen molar-refractivity contribution in [2.24, 2.45) is 0 Å². The van der Waals surface area contributed by atoms with Crippen molar-refractivity contribution in [1.82, 2.24) is 9.61 Å². The fourth-order valence-electron chi connectivity index (χ4n) is 11.9. The van der Waals surface area contributed by atoms with Crippen LogP contribution in [0.1, 0.15) is 22.3 Å². The van der Waals surface area contributed by atoms with Gasteiger partial charge in [0.25, 0.3) is 0 Å². The van der Waals surface area contributed by atoms with Gasteiger partial charge in [0.2, 0.25) is 0 Å². The highest BCUT2D eigenvalue weighted by Crippen LogP contribution is 2.60. The molecule has 3 heteroatoms. The van der Waals surface area contributed by atoms with Crippen LogP contribution in [0.15, 0.2) is 285 Å². The minimum atomic E-state index is -0.596. The van der Waals surface area contributed by atoms with E-state index in [4.69, 9.17) is 5.10 Å². The first-order chi connectivity index (χ1) is 36.3. The van der Waals surface area contributed by atoms with Crippen LogP contribution in [0.5, 0.6) is 0 Å². The lowest BCUT2D eigenvalue weighted by atomic mass is 9.68. The Hall–Kier alpha value is -9.57. The van der Waals surface area contributed by atoms with E-state index in [1.807, 2.05) is 0 Å². The summed E-state index contributed by atoms with van der Waals surface area (Å²) >= 11 is 0. The molecule has 0 N–H and O–H groups in total. The summed E-state index contributed by atoms with van der Waals surface area (Å²) < 4.78 is 2.25. The minimum absolute atomic E-state index is 0.596. The van der Waals surface area contributed by atoms with Crippen LogP contribution in [0.4, 0.5) is 17.1 Å². The van der Waals surface area contributed by atoms with Crippen molar-refractivity contribution < 1.29 is 0 Å². The number of rotatable bonds is 9. The number of anilines is 3. The third-order valence-electron chi connectivity index (χ3n) is 15.0. The van der Waals surface area contributed by atoms with Crippen molar-refractivity contribution in [3.63, 3.8) is 0 Å². The quantitative estimate of drug-likeness (QED) is 0.144. The van der Waals surface area contributed by atoms with Gasteiger partial charge in [-0.3, -0.25) is 0 Å². The van der Waals surface area contributed by atoms with E-state index in [1.54, 1.807) is 0 Å². The molecule has 1 aliphatic rings. The van der Waals surface area contributed by atoms with E-state index in [0.717, 1.165) is 72.6 Å². The second-order valence-corrected chi connectivity index (χ2v) is 19.0. The van der Waals surface area contributed by atoms with Gasteiger partial charge in [0, 0.05) is 38.7 Å². The Morgan fingerprint density at radius 1 is 0.356 bits per heavy atom. The lowest BCUT2D eigenvalue weighted by molar-refractivity contribution is 0.768. The highest BCUT2D eigenvalue weighted by Gasteiger charge is 2.47. The molecule has 11 aromatic carbocycles. The molecule has 0 radical (unpaired) electrons. The third kappa shape index (κ3) is 6.70. The minimum Gasteiger partial charge on any atom is -0.307 e. The van der Waals surface area contributed by atoms with Gasteiger partial charge in [-0.2, -0.15) is 5.10 Å². The molecule has 0 amide bonds. The number of hydrogen-bond acceptors (Lipinski definition) is 2. The Kier molecular flexibility index (Phi) is 10.1. The summed E-state index contributed by atoms with van der Waals surface area (Å²) in [6.07, 6.45) is 0. The Bertz CT molecular complexity index is 4130. The smallest absolute Gasteiger partial charge is 0.101 e. The van der Waals surface area contributed by atoms with Crippen molar-refractivity contribution in [1.29, 1.82) is 0 Å². The lowest BCUT2D eigenvalue weighted by Gasteiger charge is -2.35. The Morgan fingerprint density at radius 3 is 1.58 bits per heavy atom. The van der Waals surface area contributed by atoms with Gasteiger partial charge in [-0.05, 0) is 79.5 Å². The molecule has 0 unspecified atom stereocenters. The fourth-order valence-corrected chi connectivity index (χ4v) is 11.9. The topological polar surface area (TPSA) is 20.5 Å². The molecule has 2 heterocycles. The Balaban J connectivity index is 1.13. The predicted molar refractivity (Wildman–Crippen MR) is 304 cm³/mol. The average molecular weight is 930 g/mol. The summed E-state index contributed by atoms with van der Waals surface area (Å²) in [7, 11) is 0. The highest BCUT2D eigenvalue weighted by molar-refractivity contribution is 6.16. The van der Waals surface area contributed by atoms with E-state index in [-0.39, 0.29) is 0 Å². The molecule has 0 fully saturated rings. The van der Waals surface area contributed by atoms with Gasteiger partial charge in [0.1, 0.15) is 5.69 Å². The lowest BCUT2D eigenvalue weighted by Crippen LogP contribution is -2.28. The normalized spacial score (nSPS) is 12.5. The molecular weight excluding hydrogens is 883 g/mol. The van der Waals surface area contributed by atoms with Gasteiger partial charge in [-0.15, -0.1) is 0 Å². The first-order valence-corrected chi connectivity index (χ1v) is 25.1. The van der Waals surface area contributed by atoms with Crippen LogP contribution in [0.3, 0.4) is 0 Å². The Morgan fingerprint density at radius 2 is 0.890 bits per heavy atom. The zero-order chi connectivity index (χ0) is 48.3. The van der Waals surface area contributed by atoms with Gasteiger partial charge >= 0.3 is 0 Å². The summed E-state index contributed by atoms with van der Waals surface area (Å²) in [5.41, 5.74) is 19.6. The zero-order valence-electron chi connectivity index (χ0n) is 40.0. The number of aromatic nitrogens is 2. The first-order valence-electron chi connectivity index (χ1n) is 25.1. The van der Waals surface area contributed by atoms with E-state index in [2.05, 4.69) is 295 Å². The van der Waals surface area contributed by atoms with Crippen LogP contribution >= 0.6 is 0 Å². The van der Waals surface area contributed by atoms with Crippen molar-refractivity contribution >= 4 is 44.1 Å². The van der Waals surface area contributed by atoms with Crippen molar-refractivity contribution in [2.75, 3.05) is 4.90 Å². The molecule has 0 spiro atoms. The molecule has 0 atom stereocenters. The standard InChI is InChI=1S/C70H47N3/c1-6-24-50(25-7-1)64-66(51-26-8-2-9-27-51)71-73-67(52-28-10-3-11-29-52)69(59-36-19-18-35-58(59)68(64)73)72(57-45-43-49(44-46-57)54-42-41-48-23-16-17-30-53(48)47-54)63-40-22-39-62-65(63)60-37-20-21-38-61(60)70(62,55-31-12-4-13-32-55)56-33-14-5-15-34-56/h1-47H. The number of benzene rings is 11. The molecule has 0 aliphatic heterocycles. The van der Waals surface area contributed by atoms with Gasteiger partial charge in [0.15, 0.2) is 0 Å². The van der Waals surface area contributed by atoms with Crippen LogP contribution in [-0.4, -0.2) is 9.61 Å². The maximum atomic E-state index is 5.80. The predicted octanol–water partition coefficient (Wildman–Crippen LogP) is 18.1. The first kappa shape index (κ1) is 42.3. The molecule has 13 aromatic rings. The number of hydrogen-bond donors (Lipinski definition) is 0. The van der Waals surface area contributed by atoms with Crippen molar-refractivity contribution in [3.8, 4) is 55.9 Å². The van der Waals surface area contributed by atoms with Gasteiger partial charge in [-0.1, -0.05) is 261 Å². The van der Waals surface area contributed by atoms with Gasteiger partial charge in [0.05, 0.1) is 28.0 Å². The molecule has 0 bridgehead atoms. The van der Waals surface area contributed by atoms with E-state index >= 15 is 0 Å². The summed E-state index contributed by atoms with van der Waals surface area (Å²) in [6.45, 7) is 0. The second-order valence-electron chi connectivity index (χ2n) is 19.0. The molecular formula is C70H47N3. The largest absolute Gasteiger partial charge is 0.307 e. The Labute approximate surface area is 425 Å². The second kappa shape index (κ2) is 17.4. The number of pyridine rings is 1. The van der Waals surface area contributed by atoms with Crippen molar-refractivity contribution in [2.45, 2.75) is 5.41 Å². The van der Waals surface area contributed by atoms with E-state index in [9.17, 15) is 0 Å². The van der Waals surface area contributed by atoms with E-state index < -0.39 is 5.41 Å². The molecule has 2 aromatic heterocycles. The summed E-state index contributed by atoms with van der Waals surface area (Å²) in [5.74, 6) is 0. The van der Waals surface area contributed by atoms with Crippen LogP contribution in [0.2, 0.25) is 0 Å². The SMILES string of the molecule is c1ccc(-c2nn3c(-c4ccccc4)c(N(c4ccc(-c5ccc6ccccc6c5)cc4)c4cccc5c4-c4ccccc4C5(c4ccccc4)c4ccccc4)c4ccccc4c3c2-c2ccccc2)cc1. The molecule has 1 aliphatic carbocycles. The third-order valence-corrected chi connectivity index (χ3v) is 15.0. The molecule has 73 heavy (non-hydrogen) atoms. The summed E-state index contributed by atoms with van der Waals surface area (Å²) in [6, 6.07) is 104. The van der Waals surface area contributed by atoms with E-state index in [1.165, 1.54) is 49.7 Å². The zero-order valence-corrected chi connectivity index (χ0v) is 40.0. The number of nitrogens with zero attached hydrogens (tertiary/aromatic N) is 3. The van der Waals surface area contributed by atoms with Crippen LogP contribution < -0.4 is 4.90 Å². The van der Waals surface area contributed by atoms with Crippen LogP contribution in [0, 0.1) is 0 Å². The van der Waals surface area contributed by atoms with Crippen LogP contribution in [0.25, 0.3) is 83.0 Å². The van der Waals surface area contributed by atoms with E-state index in [0.29, 0.717) is 0 Å². The fraction of sp³-hybridized carbons (Fsp3) is 0.0143. The highest BCUT2D eigenvalue weighted by atomic mass is 15.3. The maximum Gasteiger partial charge on any atom is 0.101 e. The van der Waals surface area contributed by atoms with Gasteiger partial charge in [-0.25, -0.2) is 4.52 Å². The van der Waals surface area contributed by atoms with Crippen LogP contribution in [-0.2, 0) is 5.41 Å². The maximum absolute atomic E-state index is 5.80. The van der Waals surface area contributed by atoms with Gasteiger partial charge < -0.3 is 4.90 Å². The monoisotopic (exact) mass is 929 g/mol. The molecule has 342 valence electrons. The molecule has 0 saturated heterocycles.